The Morgan fingerprint density at radius 2 is 2.22 bits per heavy atom. The molecular weight excluding hydrogens is 224 g/mol. The molecular formula is C14H20N4. The minimum atomic E-state index is 0.398. The zero-order valence-corrected chi connectivity index (χ0v) is 11.0. The van der Waals surface area contributed by atoms with Gasteiger partial charge in [-0.1, -0.05) is 6.07 Å². The highest BCUT2D eigenvalue weighted by atomic mass is 15.3. The summed E-state index contributed by atoms with van der Waals surface area (Å²) in [7, 11) is 2.00. The van der Waals surface area contributed by atoms with Crippen molar-refractivity contribution >= 4 is 0 Å². The maximum atomic E-state index is 4.37. The van der Waals surface area contributed by atoms with Gasteiger partial charge in [-0.3, -0.25) is 9.67 Å². The molecule has 1 N–H and O–H groups in total. The van der Waals surface area contributed by atoms with Gasteiger partial charge < -0.3 is 5.32 Å². The van der Waals surface area contributed by atoms with Crippen LogP contribution in [-0.4, -0.2) is 27.9 Å². The molecule has 1 atom stereocenters. The van der Waals surface area contributed by atoms with Gasteiger partial charge in [-0.2, -0.15) is 5.10 Å². The standard InChI is InChI=1S/C14H20N4/c1-3-18-11-12(10-17-18)8-14(15-2)9-13-6-4-5-7-16-13/h4-7,10-11,14-15H,3,8-9H2,1-2H3. The Hall–Kier alpha value is -1.68. The minimum absolute atomic E-state index is 0.398. The number of hydrogen-bond acceptors (Lipinski definition) is 3. The summed E-state index contributed by atoms with van der Waals surface area (Å²) in [6.07, 6.45) is 7.83. The summed E-state index contributed by atoms with van der Waals surface area (Å²) >= 11 is 0. The van der Waals surface area contributed by atoms with E-state index in [-0.39, 0.29) is 0 Å². The summed E-state index contributed by atoms with van der Waals surface area (Å²) in [5.74, 6) is 0. The fourth-order valence-corrected chi connectivity index (χ4v) is 2.02. The van der Waals surface area contributed by atoms with E-state index >= 15 is 0 Å². The van der Waals surface area contributed by atoms with Crippen LogP contribution in [0.3, 0.4) is 0 Å². The van der Waals surface area contributed by atoms with Crippen LogP contribution in [0.1, 0.15) is 18.2 Å². The van der Waals surface area contributed by atoms with Gasteiger partial charge in [-0.15, -0.1) is 0 Å². The second-order valence-corrected chi connectivity index (χ2v) is 4.42. The molecule has 0 bridgehead atoms. The molecule has 0 amide bonds. The van der Waals surface area contributed by atoms with E-state index < -0.39 is 0 Å². The highest BCUT2D eigenvalue weighted by Crippen LogP contribution is 2.07. The summed E-state index contributed by atoms with van der Waals surface area (Å²) in [5.41, 5.74) is 2.40. The number of aromatic nitrogens is 3. The van der Waals surface area contributed by atoms with Gasteiger partial charge in [-0.05, 0) is 38.1 Å². The van der Waals surface area contributed by atoms with Crippen LogP contribution >= 0.6 is 0 Å². The van der Waals surface area contributed by atoms with Gasteiger partial charge in [0.15, 0.2) is 0 Å². The van der Waals surface area contributed by atoms with E-state index in [4.69, 9.17) is 0 Å². The zero-order valence-electron chi connectivity index (χ0n) is 11.0. The normalized spacial score (nSPS) is 12.6. The SMILES string of the molecule is CCn1cc(CC(Cc2ccccn2)NC)cn1. The summed E-state index contributed by atoms with van der Waals surface area (Å²) in [5, 5.41) is 7.65. The van der Waals surface area contributed by atoms with Crippen molar-refractivity contribution in [2.24, 2.45) is 0 Å². The maximum absolute atomic E-state index is 4.37. The Balaban J connectivity index is 1.97. The zero-order chi connectivity index (χ0) is 12.8. The quantitative estimate of drug-likeness (QED) is 0.840. The van der Waals surface area contributed by atoms with Crippen LogP contribution in [-0.2, 0) is 19.4 Å². The number of nitrogens with one attached hydrogen (secondary N) is 1. The second-order valence-electron chi connectivity index (χ2n) is 4.42. The van der Waals surface area contributed by atoms with Crippen LogP contribution in [0.2, 0.25) is 0 Å². The van der Waals surface area contributed by atoms with E-state index in [0.29, 0.717) is 6.04 Å². The van der Waals surface area contributed by atoms with Crippen LogP contribution in [0.15, 0.2) is 36.8 Å². The highest BCUT2D eigenvalue weighted by molar-refractivity contribution is 5.10. The van der Waals surface area contributed by atoms with Crippen LogP contribution in [0.25, 0.3) is 0 Å². The number of pyridine rings is 1. The van der Waals surface area contributed by atoms with Gasteiger partial charge >= 0.3 is 0 Å². The van der Waals surface area contributed by atoms with Gasteiger partial charge in [0.2, 0.25) is 0 Å². The molecule has 0 fully saturated rings. The molecule has 0 saturated carbocycles. The fraction of sp³-hybridized carbons (Fsp3) is 0.429. The molecule has 1 unspecified atom stereocenters. The monoisotopic (exact) mass is 244 g/mol. The van der Waals surface area contributed by atoms with E-state index in [1.54, 1.807) is 0 Å². The molecule has 0 radical (unpaired) electrons. The molecule has 0 aliphatic carbocycles. The first-order chi connectivity index (χ1) is 8.81. The molecule has 2 heterocycles. The largest absolute Gasteiger partial charge is 0.316 e. The second kappa shape index (κ2) is 6.31. The smallest absolute Gasteiger partial charge is 0.0522 e. The first-order valence-electron chi connectivity index (χ1n) is 6.40. The number of nitrogens with zero attached hydrogens (tertiary/aromatic N) is 3. The third-order valence-corrected chi connectivity index (χ3v) is 3.08. The Labute approximate surface area is 108 Å². The fourth-order valence-electron chi connectivity index (χ4n) is 2.02. The first kappa shape index (κ1) is 12.8. The van der Waals surface area contributed by atoms with Gasteiger partial charge in [-0.25, -0.2) is 0 Å². The van der Waals surface area contributed by atoms with E-state index in [0.717, 1.165) is 25.1 Å². The number of aryl methyl sites for hydroxylation is 1. The third kappa shape index (κ3) is 3.40. The Morgan fingerprint density at radius 3 is 2.83 bits per heavy atom. The molecule has 2 aromatic rings. The van der Waals surface area contributed by atoms with E-state index in [1.165, 1.54) is 5.56 Å². The molecule has 0 aliphatic rings. The summed E-state index contributed by atoms with van der Waals surface area (Å²) in [6, 6.07) is 6.45. The summed E-state index contributed by atoms with van der Waals surface area (Å²) in [4.78, 5) is 4.37. The van der Waals surface area contributed by atoms with Crippen molar-refractivity contribution in [3.63, 3.8) is 0 Å². The third-order valence-electron chi connectivity index (χ3n) is 3.08. The number of hydrogen-bond donors (Lipinski definition) is 1. The maximum Gasteiger partial charge on any atom is 0.0522 e. The lowest BCUT2D eigenvalue weighted by Crippen LogP contribution is -2.30. The number of rotatable bonds is 6. The highest BCUT2D eigenvalue weighted by Gasteiger charge is 2.10. The van der Waals surface area contributed by atoms with E-state index in [9.17, 15) is 0 Å². The Bertz CT molecular complexity index is 464. The molecule has 4 heteroatoms. The van der Waals surface area contributed by atoms with Crippen molar-refractivity contribution in [3.8, 4) is 0 Å². The average Bonchev–Trinajstić information content (AvgIpc) is 2.87. The molecule has 0 aromatic carbocycles. The lowest BCUT2D eigenvalue weighted by molar-refractivity contribution is 0.549. The van der Waals surface area contributed by atoms with Gasteiger partial charge in [0.1, 0.15) is 0 Å². The van der Waals surface area contributed by atoms with E-state index in [1.807, 2.05) is 36.3 Å². The molecule has 0 spiro atoms. The molecule has 18 heavy (non-hydrogen) atoms. The Morgan fingerprint density at radius 1 is 1.33 bits per heavy atom. The predicted octanol–water partition coefficient (Wildman–Crippen LogP) is 1.67. The number of likely N-dealkylation sites (N-methyl/N-ethyl adjacent to an activating group) is 1. The van der Waals surface area contributed by atoms with Crippen LogP contribution in [0.5, 0.6) is 0 Å². The summed E-state index contributed by atoms with van der Waals surface area (Å²) < 4.78 is 1.96. The Kier molecular flexibility index (Phi) is 4.47. The lowest BCUT2D eigenvalue weighted by Gasteiger charge is -2.14. The molecule has 2 rings (SSSR count). The van der Waals surface area contributed by atoms with Gasteiger partial charge in [0.25, 0.3) is 0 Å². The van der Waals surface area contributed by atoms with Crippen molar-refractivity contribution in [2.75, 3.05) is 7.05 Å². The van der Waals surface area contributed by atoms with Gasteiger partial charge in [0, 0.05) is 37.1 Å². The van der Waals surface area contributed by atoms with Crippen molar-refractivity contribution in [3.05, 3.63) is 48.0 Å². The van der Waals surface area contributed by atoms with E-state index in [2.05, 4.69) is 34.6 Å². The predicted molar refractivity (Wildman–Crippen MR) is 72.4 cm³/mol. The van der Waals surface area contributed by atoms with Crippen molar-refractivity contribution < 1.29 is 0 Å². The van der Waals surface area contributed by atoms with Crippen LogP contribution in [0, 0.1) is 0 Å². The van der Waals surface area contributed by atoms with Crippen molar-refractivity contribution in [1.82, 2.24) is 20.1 Å². The molecule has 96 valence electrons. The van der Waals surface area contributed by atoms with Crippen molar-refractivity contribution in [1.29, 1.82) is 0 Å². The topological polar surface area (TPSA) is 42.7 Å². The average molecular weight is 244 g/mol. The minimum Gasteiger partial charge on any atom is -0.316 e. The van der Waals surface area contributed by atoms with Crippen LogP contribution < -0.4 is 5.32 Å². The summed E-state index contributed by atoms with van der Waals surface area (Å²) in [6.45, 7) is 3.02. The molecule has 4 nitrogen and oxygen atoms in total. The lowest BCUT2D eigenvalue weighted by atomic mass is 10.0. The first-order valence-corrected chi connectivity index (χ1v) is 6.40. The molecule has 0 aliphatic heterocycles. The van der Waals surface area contributed by atoms with Crippen molar-refractivity contribution in [2.45, 2.75) is 32.4 Å². The molecule has 0 saturated heterocycles. The van der Waals surface area contributed by atoms with Gasteiger partial charge in [0.05, 0.1) is 6.20 Å². The van der Waals surface area contributed by atoms with Crippen LogP contribution in [0.4, 0.5) is 0 Å². The molecule has 2 aromatic heterocycles.